The molecule has 0 saturated carbocycles. The van der Waals surface area contributed by atoms with E-state index in [0.29, 0.717) is 0 Å². The number of fused-ring (bicyclic) bond motifs is 4. The van der Waals surface area contributed by atoms with Crippen molar-refractivity contribution in [3.63, 3.8) is 0 Å². The van der Waals surface area contributed by atoms with E-state index >= 15 is 0 Å². The van der Waals surface area contributed by atoms with Crippen molar-refractivity contribution in [1.82, 2.24) is 24.4 Å². The van der Waals surface area contributed by atoms with E-state index in [1.54, 1.807) is 0 Å². The summed E-state index contributed by atoms with van der Waals surface area (Å²) in [6, 6.07) is 4.87. The predicted octanol–water partition coefficient (Wildman–Crippen LogP) is 2.98. The zero-order valence-corrected chi connectivity index (χ0v) is 15.6. The minimum Gasteiger partial charge on any atom is -0.344 e. The van der Waals surface area contributed by atoms with E-state index in [2.05, 4.69) is 27.6 Å². The molecule has 0 radical (unpaired) electrons. The van der Waals surface area contributed by atoms with Gasteiger partial charge in [0.1, 0.15) is 5.82 Å². The Kier molecular flexibility index (Phi) is 3.78. The third kappa shape index (κ3) is 2.53. The topological polar surface area (TPSA) is 46.8 Å². The normalized spacial score (nSPS) is 19.7. The first kappa shape index (κ1) is 15.9. The Balaban J connectivity index is 1.57. The summed E-state index contributed by atoms with van der Waals surface area (Å²) in [5, 5.41) is 0. The molecule has 0 spiro atoms. The minimum absolute atomic E-state index is 0.721. The summed E-state index contributed by atoms with van der Waals surface area (Å²) in [5.41, 5.74) is 7.77. The molecule has 0 N–H and O–H groups in total. The molecule has 0 amide bonds. The first-order chi connectivity index (χ1) is 12.7. The van der Waals surface area contributed by atoms with Crippen LogP contribution in [0.4, 0.5) is 0 Å². The van der Waals surface area contributed by atoms with Gasteiger partial charge in [-0.2, -0.15) is 0 Å². The molecule has 26 heavy (non-hydrogen) atoms. The Morgan fingerprint density at radius 1 is 1.23 bits per heavy atom. The SMILES string of the molecule is Cc1nc(CCc2cccnc2)c2c(n1)c1c(n2C)CC2CCCN2C1. The molecule has 2 aliphatic rings. The van der Waals surface area contributed by atoms with E-state index in [4.69, 9.17) is 9.97 Å². The molecule has 1 unspecified atom stereocenters. The van der Waals surface area contributed by atoms with Crippen molar-refractivity contribution in [3.05, 3.63) is 52.9 Å². The number of aryl methyl sites for hydroxylation is 4. The minimum atomic E-state index is 0.721. The maximum Gasteiger partial charge on any atom is 0.126 e. The van der Waals surface area contributed by atoms with Gasteiger partial charge in [-0.15, -0.1) is 0 Å². The van der Waals surface area contributed by atoms with Gasteiger partial charge >= 0.3 is 0 Å². The Bertz CT molecular complexity index is 960. The first-order valence-electron chi connectivity index (χ1n) is 9.67. The molecule has 0 bridgehead atoms. The Hall–Kier alpha value is -2.27. The molecule has 134 valence electrons. The zero-order chi connectivity index (χ0) is 17.7. The molecule has 5 heteroatoms. The number of hydrogen-bond donors (Lipinski definition) is 0. The van der Waals surface area contributed by atoms with Gasteiger partial charge in [-0.3, -0.25) is 9.88 Å². The molecule has 0 aliphatic carbocycles. The van der Waals surface area contributed by atoms with Gasteiger partial charge in [-0.05, 0) is 50.8 Å². The highest BCUT2D eigenvalue weighted by Crippen LogP contribution is 2.36. The molecule has 5 nitrogen and oxygen atoms in total. The van der Waals surface area contributed by atoms with Gasteiger partial charge in [0, 0.05) is 49.7 Å². The third-order valence-electron chi connectivity index (χ3n) is 6.11. The molecular formula is C21H25N5. The molecule has 1 saturated heterocycles. The summed E-state index contributed by atoms with van der Waals surface area (Å²) in [6.45, 7) is 4.31. The fourth-order valence-corrected chi connectivity index (χ4v) is 4.83. The molecule has 5 rings (SSSR count). The fourth-order valence-electron chi connectivity index (χ4n) is 4.83. The van der Waals surface area contributed by atoms with Gasteiger partial charge in [0.25, 0.3) is 0 Å². The van der Waals surface area contributed by atoms with Crippen LogP contribution in [0.3, 0.4) is 0 Å². The smallest absolute Gasteiger partial charge is 0.126 e. The summed E-state index contributed by atoms with van der Waals surface area (Å²) in [7, 11) is 2.21. The molecule has 3 aromatic heterocycles. The van der Waals surface area contributed by atoms with E-state index in [0.717, 1.165) is 37.7 Å². The average molecular weight is 347 g/mol. The Morgan fingerprint density at radius 2 is 2.15 bits per heavy atom. The second kappa shape index (κ2) is 6.16. The van der Waals surface area contributed by atoms with Crippen LogP contribution in [0, 0.1) is 6.92 Å². The number of rotatable bonds is 3. The van der Waals surface area contributed by atoms with Gasteiger partial charge in [-0.25, -0.2) is 9.97 Å². The van der Waals surface area contributed by atoms with Gasteiger partial charge in [0.05, 0.1) is 16.7 Å². The second-order valence-electron chi connectivity index (χ2n) is 7.73. The monoisotopic (exact) mass is 347 g/mol. The van der Waals surface area contributed by atoms with Crippen molar-refractivity contribution < 1.29 is 0 Å². The van der Waals surface area contributed by atoms with E-state index < -0.39 is 0 Å². The van der Waals surface area contributed by atoms with Crippen LogP contribution >= 0.6 is 0 Å². The van der Waals surface area contributed by atoms with Crippen LogP contribution in [0.5, 0.6) is 0 Å². The highest BCUT2D eigenvalue weighted by Gasteiger charge is 2.34. The number of nitrogens with zero attached hydrogens (tertiary/aromatic N) is 5. The predicted molar refractivity (Wildman–Crippen MR) is 102 cm³/mol. The van der Waals surface area contributed by atoms with E-state index in [9.17, 15) is 0 Å². The lowest BCUT2D eigenvalue weighted by Gasteiger charge is -2.30. The van der Waals surface area contributed by atoms with Gasteiger partial charge in [0.15, 0.2) is 0 Å². The number of hydrogen-bond acceptors (Lipinski definition) is 4. The Labute approximate surface area is 154 Å². The molecule has 2 aliphatic heterocycles. The second-order valence-corrected chi connectivity index (χ2v) is 7.73. The van der Waals surface area contributed by atoms with E-state index in [-0.39, 0.29) is 0 Å². The molecule has 1 atom stereocenters. The largest absolute Gasteiger partial charge is 0.344 e. The zero-order valence-electron chi connectivity index (χ0n) is 15.6. The van der Waals surface area contributed by atoms with Gasteiger partial charge in [0.2, 0.25) is 0 Å². The maximum absolute atomic E-state index is 4.87. The lowest BCUT2D eigenvalue weighted by atomic mass is 10.0. The van der Waals surface area contributed by atoms with Crippen molar-refractivity contribution in [2.24, 2.45) is 7.05 Å². The lowest BCUT2D eigenvalue weighted by Crippen LogP contribution is -2.35. The van der Waals surface area contributed by atoms with Crippen molar-refractivity contribution in [3.8, 4) is 0 Å². The van der Waals surface area contributed by atoms with Crippen molar-refractivity contribution in [1.29, 1.82) is 0 Å². The van der Waals surface area contributed by atoms with Crippen LogP contribution < -0.4 is 0 Å². The Morgan fingerprint density at radius 3 is 3.00 bits per heavy atom. The van der Waals surface area contributed by atoms with E-state index in [1.807, 2.05) is 25.4 Å². The summed E-state index contributed by atoms with van der Waals surface area (Å²) in [4.78, 5) is 16.6. The molecular weight excluding hydrogens is 322 g/mol. The fraction of sp³-hybridized carbons (Fsp3) is 0.476. The standard InChI is InChI=1S/C21H25N5/c1-14-23-18(8-7-15-5-3-9-22-12-15)21-20(24-14)17-13-26-10-4-6-16(26)11-19(17)25(21)2/h3,5,9,12,16H,4,6-8,10-11,13H2,1-2H3. The average Bonchev–Trinajstić information content (AvgIpc) is 3.22. The highest BCUT2D eigenvalue weighted by atomic mass is 15.2. The van der Waals surface area contributed by atoms with Gasteiger partial charge < -0.3 is 4.57 Å². The van der Waals surface area contributed by atoms with E-state index in [1.165, 1.54) is 52.9 Å². The molecule has 1 fully saturated rings. The lowest BCUT2D eigenvalue weighted by molar-refractivity contribution is 0.225. The summed E-state index contributed by atoms with van der Waals surface area (Å²) >= 11 is 0. The quantitative estimate of drug-likeness (QED) is 0.731. The summed E-state index contributed by atoms with van der Waals surface area (Å²) in [6.07, 6.45) is 9.49. The van der Waals surface area contributed by atoms with Crippen LogP contribution in [-0.4, -0.2) is 37.0 Å². The first-order valence-corrected chi connectivity index (χ1v) is 9.67. The maximum atomic E-state index is 4.87. The van der Waals surface area contributed by atoms with Crippen molar-refractivity contribution >= 4 is 11.0 Å². The van der Waals surface area contributed by atoms with Crippen LogP contribution in [0.2, 0.25) is 0 Å². The molecule has 3 aromatic rings. The van der Waals surface area contributed by atoms with Gasteiger partial charge in [-0.1, -0.05) is 6.07 Å². The summed E-state index contributed by atoms with van der Waals surface area (Å²) in [5.74, 6) is 0.885. The van der Waals surface area contributed by atoms with Crippen LogP contribution in [0.25, 0.3) is 11.0 Å². The van der Waals surface area contributed by atoms with Crippen molar-refractivity contribution in [2.45, 2.75) is 51.6 Å². The van der Waals surface area contributed by atoms with Crippen LogP contribution in [0.15, 0.2) is 24.5 Å². The summed E-state index contributed by atoms with van der Waals surface area (Å²) < 4.78 is 2.39. The van der Waals surface area contributed by atoms with Crippen LogP contribution in [0.1, 0.15) is 41.2 Å². The molecule has 0 aromatic carbocycles. The number of aromatic nitrogens is 4. The highest BCUT2D eigenvalue weighted by molar-refractivity contribution is 5.84. The number of pyridine rings is 1. The molecule has 5 heterocycles. The van der Waals surface area contributed by atoms with Crippen molar-refractivity contribution in [2.75, 3.05) is 6.54 Å². The van der Waals surface area contributed by atoms with Crippen LogP contribution in [-0.2, 0) is 32.9 Å². The third-order valence-corrected chi connectivity index (χ3v) is 6.11.